The molecule has 3 N–H and O–H groups in total. The lowest BCUT2D eigenvalue weighted by Crippen LogP contribution is -2.58. The van der Waals surface area contributed by atoms with Gasteiger partial charge in [-0.25, -0.2) is 0 Å². The Hall–Kier alpha value is -1.02. The Kier molecular flexibility index (Phi) is 5.21. The van der Waals surface area contributed by atoms with Gasteiger partial charge in [0.15, 0.2) is 12.4 Å². The van der Waals surface area contributed by atoms with Gasteiger partial charge in [0.25, 0.3) is 0 Å². The maximum absolute atomic E-state index is 11.4. The third-order valence-electron chi connectivity index (χ3n) is 2.75. The molecule has 0 aliphatic carbocycles. The molecular formula is C11H18O7. The summed E-state index contributed by atoms with van der Waals surface area (Å²) in [5.41, 5.74) is 0. The Balaban J connectivity index is 2.54. The molecule has 0 amide bonds. The minimum atomic E-state index is -1.50. The smallest absolute Gasteiger partial charge is 0.306 e. The second kappa shape index (κ2) is 6.24. The lowest BCUT2D eigenvalue weighted by Gasteiger charge is -2.38. The van der Waals surface area contributed by atoms with E-state index in [1.54, 1.807) is 0 Å². The molecule has 1 saturated heterocycles. The van der Waals surface area contributed by atoms with Crippen molar-refractivity contribution >= 4 is 11.8 Å². The van der Waals surface area contributed by atoms with Crippen LogP contribution in [0, 0.1) is 0 Å². The highest BCUT2D eigenvalue weighted by Crippen LogP contribution is 2.22. The van der Waals surface area contributed by atoms with Crippen LogP contribution in [0.3, 0.4) is 0 Å². The molecular weight excluding hydrogens is 244 g/mol. The van der Waals surface area contributed by atoms with Gasteiger partial charge in [-0.2, -0.15) is 0 Å². The summed E-state index contributed by atoms with van der Waals surface area (Å²) in [6, 6.07) is 0. The zero-order valence-corrected chi connectivity index (χ0v) is 10.3. The summed E-state index contributed by atoms with van der Waals surface area (Å²) in [7, 11) is 0. The number of esters is 1. The van der Waals surface area contributed by atoms with E-state index in [4.69, 9.17) is 9.47 Å². The fourth-order valence-corrected chi connectivity index (χ4v) is 1.64. The second-order valence-electron chi connectivity index (χ2n) is 4.37. The Morgan fingerprint density at radius 3 is 2.33 bits per heavy atom. The Bertz CT molecular complexity index is 317. The molecule has 5 atom stereocenters. The third-order valence-corrected chi connectivity index (χ3v) is 2.75. The van der Waals surface area contributed by atoms with Crippen LogP contribution in [0.4, 0.5) is 0 Å². The molecule has 0 aromatic rings. The van der Waals surface area contributed by atoms with Crippen molar-refractivity contribution in [1.82, 2.24) is 0 Å². The number of ether oxygens (including phenoxy) is 2. The number of carbonyl (C=O) groups is 2. The maximum Gasteiger partial charge on any atom is 0.306 e. The van der Waals surface area contributed by atoms with Crippen LogP contribution >= 0.6 is 0 Å². The summed E-state index contributed by atoms with van der Waals surface area (Å²) >= 11 is 0. The summed E-state index contributed by atoms with van der Waals surface area (Å²) in [6.45, 7) is 2.82. The van der Waals surface area contributed by atoms with E-state index in [2.05, 4.69) is 0 Å². The topological polar surface area (TPSA) is 113 Å². The van der Waals surface area contributed by atoms with Crippen LogP contribution < -0.4 is 0 Å². The van der Waals surface area contributed by atoms with E-state index in [9.17, 15) is 24.9 Å². The molecule has 0 radical (unpaired) electrons. The lowest BCUT2D eigenvalue weighted by atomic mass is 10.00. The lowest BCUT2D eigenvalue weighted by molar-refractivity contribution is -0.282. The van der Waals surface area contributed by atoms with Crippen LogP contribution in [0.2, 0.25) is 0 Å². The summed E-state index contributed by atoms with van der Waals surface area (Å²) < 4.78 is 9.72. The van der Waals surface area contributed by atoms with E-state index in [1.165, 1.54) is 13.8 Å². The molecule has 0 bridgehead atoms. The Labute approximate surface area is 104 Å². The standard InChI is InChI=1S/C11H18O7/c1-5(12)3-4-7(13)18-10-9(15)8(14)6(2)17-11(10)16/h6,8-11,14-16H,3-4H2,1-2H3/t6-,8-,9+,10+,11+/m1/s1. The van der Waals surface area contributed by atoms with Crippen molar-refractivity contribution in [2.24, 2.45) is 0 Å². The average molecular weight is 262 g/mol. The number of aliphatic hydroxyl groups is 3. The quantitative estimate of drug-likeness (QED) is 0.541. The largest absolute Gasteiger partial charge is 0.454 e. The number of rotatable bonds is 4. The molecule has 104 valence electrons. The van der Waals surface area contributed by atoms with Gasteiger partial charge >= 0.3 is 5.97 Å². The summed E-state index contributed by atoms with van der Waals surface area (Å²) in [4.78, 5) is 22.1. The fraction of sp³-hybridized carbons (Fsp3) is 0.818. The minimum absolute atomic E-state index is 0.0254. The molecule has 0 aromatic carbocycles. The first-order chi connectivity index (χ1) is 8.32. The molecule has 0 aromatic heterocycles. The highest BCUT2D eigenvalue weighted by atomic mass is 16.7. The van der Waals surface area contributed by atoms with Gasteiger partial charge in [-0.3, -0.25) is 4.79 Å². The maximum atomic E-state index is 11.4. The van der Waals surface area contributed by atoms with E-state index in [0.717, 1.165) is 0 Å². The predicted octanol–water partition coefficient (Wildman–Crippen LogP) is -1.27. The molecule has 1 rings (SSSR count). The van der Waals surface area contributed by atoms with E-state index in [0.29, 0.717) is 0 Å². The number of carbonyl (C=O) groups excluding carboxylic acids is 2. The van der Waals surface area contributed by atoms with Crippen LogP contribution in [0.25, 0.3) is 0 Å². The number of Topliss-reactive ketones (excluding diaryl/α,β-unsaturated/α-hetero) is 1. The molecule has 1 heterocycles. The highest BCUT2D eigenvalue weighted by molar-refractivity contribution is 5.81. The van der Waals surface area contributed by atoms with Crippen LogP contribution in [0.5, 0.6) is 0 Å². The number of hydrogen-bond donors (Lipinski definition) is 3. The molecule has 18 heavy (non-hydrogen) atoms. The summed E-state index contributed by atoms with van der Waals surface area (Å²) in [5, 5.41) is 28.7. The number of ketones is 1. The number of hydrogen-bond acceptors (Lipinski definition) is 7. The van der Waals surface area contributed by atoms with Crippen molar-refractivity contribution in [2.45, 2.75) is 57.4 Å². The van der Waals surface area contributed by atoms with Crippen LogP contribution in [0.15, 0.2) is 0 Å². The van der Waals surface area contributed by atoms with E-state index in [-0.39, 0.29) is 18.6 Å². The van der Waals surface area contributed by atoms with Gasteiger partial charge in [0, 0.05) is 6.42 Å². The van der Waals surface area contributed by atoms with Crippen molar-refractivity contribution < 1.29 is 34.4 Å². The zero-order chi connectivity index (χ0) is 13.9. The van der Waals surface area contributed by atoms with Gasteiger partial charge in [0.05, 0.1) is 12.5 Å². The minimum Gasteiger partial charge on any atom is -0.454 e. The molecule has 0 spiro atoms. The monoisotopic (exact) mass is 262 g/mol. The average Bonchev–Trinajstić information content (AvgIpc) is 2.29. The molecule has 0 saturated carbocycles. The SMILES string of the molecule is CC(=O)CCC(=O)O[C@H]1[C@@H](O)[C@H](O)[C@@H](C)O[C@@H]1O. The second-order valence-corrected chi connectivity index (χ2v) is 4.37. The summed E-state index contributed by atoms with van der Waals surface area (Å²) in [5.74, 6) is -0.903. The van der Waals surface area contributed by atoms with Crippen LogP contribution in [-0.4, -0.2) is 57.8 Å². The van der Waals surface area contributed by atoms with Crippen LogP contribution in [-0.2, 0) is 19.1 Å². The molecule has 1 fully saturated rings. The Morgan fingerprint density at radius 1 is 1.17 bits per heavy atom. The molecule has 7 heteroatoms. The van der Waals surface area contributed by atoms with Crippen molar-refractivity contribution in [3.05, 3.63) is 0 Å². The zero-order valence-electron chi connectivity index (χ0n) is 10.3. The molecule has 7 nitrogen and oxygen atoms in total. The predicted molar refractivity (Wildman–Crippen MR) is 58.4 cm³/mol. The molecule has 0 unspecified atom stereocenters. The first kappa shape index (κ1) is 15.0. The van der Waals surface area contributed by atoms with E-state index in [1.807, 2.05) is 0 Å². The van der Waals surface area contributed by atoms with Gasteiger partial charge in [0.2, 0.25) is 0 Å². The first-order valence-corrected chi connectivity index (χ1v) is 5.71. The highest BCUT2D eigenvalue weighted by Gasteiger charge is 2.44. The van der Waals surface area contributed by atoms with Crippen molar-refractivity contribution in [3.63, 3.8) is 0 Å². The third kappa shape index (κ3) is 3.74. The van der Waals surface area contributed by atoms with Gasteiger partial charge < -0.3 is 29.6 Å². The first-order valence-electron chi connectivity index (χ1n) is 5.71. The van der Waals surface area contributed by atoms with Gasteiger partial charge in [0.1, 0.15) is 18.0 Å². The van der Waals surface area contributed by atoms with Gasteiger partial charge in [-0.1, -0.05) is 0 Å². The van der Waals surface area contributed by atoms with Crippen LogP contribution in [0.1, 0.15) is 26.7 Å². The molecule has 1 aliphatic heterocycles. The van der Waals surface area contributed by atoms with Crippen molar-refractivity contribution in [2.75, 3.05) is 0 Å². The molecule has 1 aliphatic rings. The van der Waals surface area contributed by atoms with E-state index < -0.39 is 36.7 Å². The fourth-order valence-electron chi connectivity index (χ4n) is 1.64. The van der Waals surface area contributed by atoms with Gasteiger partial charge in [-0.05, 0) is 13.8 Å². The Morgan fingerprint density at radius 2 is 1.78 bits per heavy atom. The van der Waals surface area contributed by atoms with Crippen molar-refractivity contribution in [1.29, 1.82) is 0 Å². The van der Waals surface area contributed by atoms with Gasteiger partial charge in [-0.15, -0.1) is 0 Å². The number of aliphatic hydroxyl groups excluding tert-OH is 3. The van der Waals surface area contributed by atoms with E-state index >= 15 is 0 Å². The van der Waals surface area contributed by atoms with Crippen molar-refractivity contribution in [3.8, 4) is 0 Å². The normalized spacial score (nSPS) is 36.2. The summed E-state index contributed by atoms with van der Waals surface area (Å²) in [6.07, 6.45) is -6.41.